The van der Waals surface area contributed by atoms with Crippen LogP contribution in [-0.4, -0.2) is 38.0 Å². The van der Waals surface area contributed by atoms with Crippen LogP contribution < -0.4 is 0 Å². The Hall–Kier alpha value is -2.15. The molecule has 1 aromatic rings. The van der Waals surface area contributed by atoms with E-state index in [1.165, 1.54) is 4.90 Å². The first-order valence-electron chi connectivity index (χ1n) is 6.80. The number of amidine groups is 1. The fourth-order valence-corrected chi connectivity index (χ4v) is 3.01. The van der Waals surface area contributed by atoms with E-state index in [1.807, 2.05) is 44.2 Å². The topological polar surface area (TPSA) is 82.3 Å². The van der Waals surface area contributed by atoms with Crippen molar-refractivity contribution in [2.75, 3.05) is 0 Å². The van der Waals surface area contributed by atoms with Crippen LogP contribution in [0.25, 0.3) is 0 Å². The van der Waals surface area contributed by atoms with Gasteiger partial charge in [0.25, 0.3) is 0 Å². The highest BCUT2D eigenvalue weighted by Crippen LogP contribution is 2.31. The van der Waals surface area contributed by atoms with Gasteiger partial charge >= 0.3 is 5.97 Å². The van der Waals surface area contributed by atoms with Crippen molar-refractivity contribution in [2.45, 2.75) is 32.1 Å². The number of carboxylic acid groups (broad SMARTS) is 1. The summed E-state index contributed by atoms with van der Waals surface area (Å²) < 4.78 is 0. The van der Waals surface area contributed by atoms with Gasteiger partial charge in [0, 0.05) is 5.71 Å². The fourth-order valence-electron chi connectivity index (χ4n) is 1.93. The Balaban J connectivity index is 2.25. The minimum Gasteiger partial charge on any atom is -0.481 e. The van der Waals surface area contributed by atoms with Crippen LogP contribution in [-0.2, 0) is 16.1 Å². The van der Waals surface area contributed by atoms with Crippen molar-refractivity contribution in [3.05, 3.63) is 35.9 Å². The van der Waals surface area contributed by atoms with Crippen LogP contribution in [0.2, 0.25) is 0 Å². The molecule has 0 saturated carbocycles. The molecule has 0 aromatic heterocycles. The largest absolute Gasteiger partial charge is 0.481 e. The Morgan fingerprint density at radius 3 is 2.59 bits per heavy atom. The predicted octanol–water partition coefficient (Wildman–Crippen LogP) is 2.36. The summed E-state index contributed by atoms with van der Waals surface area (Å²) in [7, 11) is 0. The van der Waals surface area contributed by atoms with E-state index in [2.05, 4.69) is 10.2 Å². The molecule has 0 radical (unpaired) electrons. The van der Waals surface area contributed by atoms with Crippen LogP contribution in [0.3, 0.4) is 0 Å². The van der Waals surface area contributed by atoms with Gasteiger partial charge in [-0.3, -0.25) is 14.5 Å². The number of carboxylic acids is 1. The van der Waals surface area contributed by atoms with Gasteiger partial charge in [-0.2, -0.15) is 5.10 Å². The Labute approximate surface area is 132 Å². The zero-order valence-corrected chi connectivity index (χ0v) is 13.2. The van der Waals surface area contributed by atoms with E-state index in [4.69, 9.17) is 5.11 Å². The number of aliphatic carboxylic acids is 1. The molecule has 0 spiro atoms. The number of amides is 1. The number of nitrogens with zero attached hydrogens (tertiary/aromatic N) is 3. The lowest BCUT2D eigenvalue weighted by molar-refractivity contribution is -0.139. The first kappa shape index (κ1) is 16.2. The lowest BCUT2D eigenvalue weighted by Crippen LogP contribution is -2.32. The Kier molecular flexibility index (Phi) is 5.32. The van der Waals surface area contributed by atoms with Gasteiger partial charge in [-0.1, -0.05) is 42.1 Å². The van der Waals surface area contributed by atoms with Crippen molar-refractivity contribution >= 4 is 34.5 Å². The summed E-state index contributed by atoms with van der Waals surface area (Å²) in [5.74, 6) is -1.24. The minimum absolute atomic E-state index is 0.220. The molecule has 1 amide bonds. The zero-order chi connectivity index (χ0) is 16.1. The van der Waals surface area contributed by atoms with Gasteiger partial charge in [0.05, 0.1) is 13.0 Å². The Morgan fingerprint density at radius 1 is 1.32 bits per heavy atom. The zero-order valence-electron chi connectivity index (χ0n) is 12.4. The third kappa shape index (κ3) is 4.17. The summed E-state index contributed by atoms with van der Waals surface area (Å²) in [6, 6.07) is 9.51. The standard InChI is InChI=1S/C15H17N3O3S/c1-10(2)16-17-15-18(9-11-6-4-3-5-7-11)14(21)12(22-15)8-13(19)20/h3-7,12H,8-9H2,1-2H3,(H,19,20). The average molecular weight is 319 g/mol. The number of rotatable bonds is 5. The monoisotopic (exact) mass is 319 g/mol. The predicted molar refractivity (Wildman–Crippen MR) is 86.8 cm³/mol. The number of hydrogen-bond donors (Lipinski definition) is 1. The fraction of sp³-hybridized carbons (Fsp3) is 0.333. The summed E-state index contributed by atoms with van der Waals surface area (Å²) in [6.45, 7) is 3.98. The molecule has 0 aliphatic carbocycles. The number of hydrogen-bond acceptors (Lipinski definition) is 5. The van der Waals surface area contributed by atoms with E-state index in [9.17, 15) is 9.59 Å². The second kappa shape index (κ2) is 7.22. The Bertz CT molecular complexity index is 624. The normalized spacial score (nSPS) is 19.5. The van der Waals surface area contributed by atoms with Gasteiger partial charge in [-0.15, -0.1) is 5.10 Å². The molecule has 1 aliphatic heterocycles. The average Bonchev–Trinajstić information content (AvgIpc) is 2.74. The summed E-state index contributed by atoms with van der Waals surface area (Å²) >= 11 is 1.15. The van der Waals surface area contributed by atoms with Crippen molar-refractivity contribution in [3.8, 4) is 0 Å². The van der Waals surface area contributed by atoms with Crippen LogP contribution in [0.15, 0.2) is 40.5 Å². The van der Waals surface area contributed by atoms with E-state index in [-0.39, 0.29) is 12.3 Å². The molecule has 7 heteroatoms. The van der Waals surface area contributed by atoms with Gasteiger partial charge in [-0.05, 0) is 19.4 Å². The lowest BCUT2D eigenvalue weighted by Gasteiger charge is -2.15. The van der Waals surface area contributed by atoms with Crippen molar-refractivity contribution < 1.29 is 14.7 Å². The quantitative estimate of drug-likeness (QED) is 0.667. The molecular weight excluding hydrogens is 302 g/mol. The van der Waals surface area contributed by atoms with Gasteiger partial charge < -0.3 is 5.11 Å². The van der Waals surface area contributed by atoms with Crippen molar-refractivity contribution in [1.82, 2.24) is 4.90 Å². The highest BCUT2D eigenvalue weighted by molar-refractivity contribution is 8.15. The molecule has 6 nitrogen and oxygen atoms in total. The first-order chi connectivity index (χ1) is 10.5. The Morgan fingerprint density at radius 2 is 2.00 bits per heavy atom. The minimum atomic E-state index is -0.998. The third-order valence-corrected chi connectivity index (χ3v) is 4.06. The number of benzene rings is 1. The van der Waals surface area contributed by atoms with Crippen LogP contribution >= 0.6 is 11.8 Å². The molecular formula is C15H17N3O3S. The summed E-state index contributed by atoms with van der Waals surface area (Å²) in [6.07, 6.45) is -0.220. The van der Waals surface area contributed by atoms with Crippen molar-refractivity contribution in [1.29, 1.82) is 0 Å². The molecule has 1 N–H and O–H groups in total. The third-order valence-electron chi connectivity index (χ3n) is 2.90. The van der Waals surface area contributed by atoms with Gasteiger partial charge in [0.2, 0.25) is 5.91 Å². The van der Waals surface area contributed by atoms with Crippen LogP contribution in [0, 0.1) is 0 Å². The molecule has 1 heterocycles. The molecule has 1 aliphatic rings. The second-order valence-corrected chi connectivity index (χ2v) is 6.21. The van der Waals surface area contributed by atoms with Crippen LogP contribution in [0.1, 0.15) is 25.8 Å². The first-order valence-corrected chi connectivity index (χ1v) is 7.68. The van der Waals surface area contributed by atoms with Gasteiger partial charge in [0.15, 0.2) is 5.17 Å². The molecule has 22 heavy (non-hydrogen) atoms. The maximum Gasteiger partial charge on any atom is 0.305 e. The molecule has 2 rings (SSSR count). The number of carbonyl (C=O) groups is 2. The number of carbonyl (C=O) groups excluding carboxylic acids is 1. The van der Waals surface area contributed by atoms with E-state index < -0.39 is 11.2 Å². The lowest BCUT2D eigenvalue weighted by atomic mass is 10.2. The maximum absolute atomic E-state index is 12.4. The molecule has 1 fully saturated rings. The van der Waals surface area contributed by atoms with Gasteiger partial charge in [-0.25, -0.2) is 0 Å². The maximum atomic E-state index is 12.4. The van der Waals surface area contributed by atoms with E-state index in [0.29, 0.717) is 11.7 Å². The van der Waals surface area contributed by atoms with Crippen LogP contribution in [0.4, 0.5) is 0 Å². The SMILES string of the molecule is CC(C)=NN=C1SC(CC(=O)O)C(=O)N1Cc1ccccc1. The van der Waals surface area contributed by atoms with E-state index in [0.717, 1.165) is 23.0 Å². The van der Waals surface area contributed by atoms with E-state index in [1.54, 1.807) is 0 Å². The highest BCUT2D eigenvalue weighted by Gasteiger charge is 2.39. The molecule has 1 saturated heterocycles. The van der Waals surface area contributed by atoms with Crippen molar-refractivity contribution in [2.24, 2.45) is 10.2 Å². The molecule has 116 valence electrons. The van der Waals surface area contributed by atoms with Gasteiger partial charge in [0.1, 0.15) is 5.25 Å². The molecule has 1 unspecified atom stereocenters. The van der Waals surface area contributed by atoms with Crippen molar-refractivity contribution in [3.63, 3.8) is 0 Å². The molecule has 0 bridgehead atoms. The van der Waals surface area contributed by atoms with E-state index >= 15 is 0 Å². The second-order valence-electron chi connectivity index (χ2n) is 5.04. The molecule has 1 atom stereocenters. The molecule has 1 aromatic carbocycles. The summed E-state index contributed by atoms with van der Waals surface area (Å²) in [5, 5.41) is 16.8. The number of thioether (sulfide) groups is 1. The smallest absolute Gasteiger partial charge is 0.305 e. The van der Waals surface area contributed by atoms with Crippen LogP contribution in [0.5, 0.6) is 0 Å². The summed E-state index contributed by atoms with van der Waals surface area (Å²) in [4.78, 5) is 24.8. The summed E-state index contributed by atoms with van der Waals surface area (Å²) in [5.41, 5.74) is 1.72. The highest BCUT2D eigenvalue weighted by atomic mass is 32.2.